The van der Waals surface area contributed by atoms with Crippen LogP contribution in [-0.2, 0) is 4.74 Å². The smallest absolute Gasteiger partial charge is 0.108 e. The van der Waals surface area contributed by atoms with Crippen molar-refractivity contribution in [2.45, 2.75) is 44.3 Å². The second kappa shape index (κ2) is 4.55. The van der Waals surface area contributed by atoms with Crippen LogP contribution in [-0.4, -0.2) is 52.4 Å². The van der Waals surface area contributed by atoms with Crippen molar-refractivity contribution in [3.63, 3.8) is 0 Å². The summed E-state index contributed by atoms with van der Waals surface area (Å²) in [5.74, 6) is 0.0706. The van der Waals surface area contributed by atoms with E-state index in [0.717, 1.165) is 0 Å². The minimum Gasteiger partial charge on any atom is -0.394 e. The van der Waals surface area contributed by atoms with Crippen molar-refractivity contribution in [1.29, 1.82) is 0 Å². The number of hydrogen-bond donors (Lipinski definition) is 4. The summed E-state index contributed by atoms with van der Waals surface area (Å²) in [7, 11) is 0. The Morgan fingerprint density at radius 1 is 1.29 bits per heavy atom. The molecule has 1 heterocycles. The molecule has 14 heavy (non-hydrogen) atoms. The molecule has 1 rings (SSSR count). The second-order valence-electron chi connectivity index (χ2n) is 4.12. The molecule has 0 amide bonds. The molecule has 5 N–H and O–H groups in total. The maximum atomic E-state index is 9.65. The molecule has 0 aliphatic carbocycles. The maximum Gasteiger partial charge on any atom is 0.108 e. The Morgan fingerprint density at radius 2 is 1.86 bits per heavy atom. The van der Waals surface area contributed by atoms with Gasteiger partial charge in [-0.2, -0.15) is 0 Å². The largest absolute Gasteiger partial charge is 0.394 e. The predicted octanol–water partition coefficient (Wildman–Crippen LogP) is -1.55. The molecule has 0 aromatic rings. The van der Waals surface area contributed by atoms with Gasteiger partial charge in [0.25, 0.3) is 0 Å². The van der Waals surface area contributed by atoms with Gasteiger partial charge in [0.1, 0.15) is 12.2 Å². The van der Waals surface area contributed by atoms with Crippen LogP contribution >= 0.6 is 0 Å². The Morgan fingerprint density at radius 3 is 2.29 bits per heavy atom. The summed E-state index contributed by atoms with van der Waals surface area (Å²) in [6.07, 6.45) is -3.08. The minimum absolute atomic E-state index is 0.0706. The van der Waals surface area contributed by atoms with Gasteiger partial charge in [-0.1, -0.05) is 13.8 Å². The molecule has 5 atom stereocenters. The number of ether oxygens (including phenoxy) is 1. The van der Waals surface area contributed by atoms with E-state index < -0.39 is 30.5 Å². The first kappa shape index (κ1) is 11.9. The Bertz CT molecular complexity index is 186. The molecule has 1 aliphatic heterocycles. The van der Waals surface area contributed by atoms with Crippen LogP contribution in [0.4, 0.5) is 0 Å². The van der Waals surface area contributed by atoms with Crippen molar-refractivity contribution in [3.8, 4) is 0 Å². The standard InChI is InChI=1S/C9H19NO4/c1-4(2)9-8(13)7(12)6(10)5(3-11)14-9/h4-9,11-13H,3,10H2,1-2H3/t5?,6-,7?,8+,9-/m0/s1. The van der Waals surface area contributed by atoms with E-state index in [4.69, 9.17) is 15.6 Å². The van der Waals surface area contributed by atoms with Crippen molar-refractivity contribution in [2.75, 3.05) is 6.61 Å². The molecule has 5 nitrogen and oxygen atoms in total. The number of hydrogen-bond acceptors (Lipinski definition) is 5. The lowest BCUT2D eigenvalue weighted by Crippen LogP contribution is -2.63. The number of rotatable bonds is 2. The molecule has 1 aliphatic rings. The molecule has 0 saturated carbocycles. The van der Waals surface area contributed by atoms with Crippen molar-refractivity contribution in [2.24, 2.45) is 11.7 Å². The average Bonchev–Trinajstić information content (AvgIpc) is 2.14. The van der Waals surface area contributed by atoms with E-state index in [1.807, 2.05) is 13.8 Å². The van der Waals surface area contributed by atoms with Gasteiger partial charge in [-0.05, 0) is 5.92 Å². The summed E-state index contributed by atoms with van der Waals surface area (Å²) in [6.45, 7) is 3.52. The topological polar surface area (TPSA) is 95.9 Å². The molecule has 0 aromatic heterocycles. The fourth-order valence-corrected chi connectivity index (χ4v) is 1.73. The summed E-state index contributed by atoms with van der Waals surface area (Å²) >= 11 is 0. The van der Waals surface area contributed by atoms with E-state index in [2.05, 4.69) is 0 Å². The van der Waals surface area contributed by atoms with Gasteiger partial charge in [-0.15, -0.1) is 0 Å². The van der Waals surface area contributed by atoms with Gasteiger partial charge in [-0.3, -0.25) is 0 Å². The van der Waals surface area contributed by atoms with E-state index in [-0.39, 0.29) is 12.5 Å². The van der Waals surface area contributed by atoms with Gasteiger partial charge in [0, 0.05) is 0 Å². The number of aliphatic hydroxyl groups excluding tert-OH is 3. The van der Waals surface area contributed by atoms with E-state index >= 15 is 0 Å². The lowest BCUT2D eigenvalue weighted by Gasteiger charge is -2.42. The monoisotopic (exact) mass is 205 g/mol. The zero-order valence-corrected chi connectivity index (χ0v) is 8.50. The van der Waals surface area contributed by atoms with Crippen LogP contribution in [0.25, 0.3) is 0 Å². The molecule has 5 heteroatoms. The van der Waals surface area contributed by atoms with Crippen molar-refractivity contribution in [1.82, 2.24) is 0 Å². The van der Waals surface area contributed by atoms with Gasteiger partial charge < -0.3 is 25.8 Å². The Labute approximate surface area is 83.5 Å². The molecular weight excluding hydrogens is 186 g/mol. The predicted molar refractivity (Wildman–Crippen MR) is 50.6 cm³/mol. The van der Waals surface area contributed by atoms with Crippen LogP contribution in [0.2, 0.25) is 0 Å². The Hall–Kier alpha value is -0.200. The van der Waals surface area contributed by atoms with E-state index in [0.29, 0.717) is 0 Å². The van der Waals surface area contributed by atoms with Crippen LogP contribution in [0.3, 0.4) is 0 Å². The zero-order valence-electron chi connectivity index (χ0n) is 8.50. The molecular formula is C9H19NO4. The van der Waals surface area contributed by atoms with Crippen molar-refractivity contribution in [3.05, 3.63) is 0 Å². The molecule has 0 radical (unpaired) electrons. The summed E-state index contributed by atoms with van der Waals surface area (Å²) < 4.78 is 5.41. The lowest BCUT2D eigenvalue weighted by atomic mass is 9.88. The van der Waals surface area contributed by atoms with Crippen LogP contribution in [0, 0.1) is 5.92 Å². The summed E-state index contributed by atoms with van der Waals surface area (Å²) in [6, 6.07) is -0.731. The zero-order chi connectivity index (χ0) is 10.9. The summed E-state index contributed by atoms with van der Waals surface area (Å²) in [5.41, 5.74) is 5.59. The fourth-order valence-electron chi connectivity index (χ4n) is 1.73. The normalized spacial score (nSPS) is 44.4. The molecule has 0 spiro atoms. The van der Waals surface area contributed by atoms with Crippen LogP contribution < -0.4 is 5.73 Å². The highest BCUT2D eigenvalue weighted by molar-refractivity contribution is 4.95. The molecule has 84 valence electrons. The van der Waals surface area contributed by atoms with Gasteiger partial charge in [0.05, 0.1) is 24.9 Å². The van der Waals surface area contributed by atoms with Gasteiger partial charge in [-0.25, -0.2) is 0 Å². The number of nitrogens with two attached hydrogens (primary N) is 1. The van der Waals surface area contributed by atoms with E-state index in [1.165, 1.54) is 0 Å². The summed E-state index contributed by atoms with van der Waals surface area (Å²) in [4.78, 5) is 0. The molecule has 0 aromatic carbocycles. The second-order valence-corrected chi connectivity index (χ2v) is 4.12. The first-order valence-corrected chi connectivity index (χ1v) is 4.87. The van der Waals surface area contributed by atoms with Gasteiger partial charge in [0.15, 0.2) is 0 Å². The van der Waals surface area contributed by atoms with Crippen molar-refractivity contribution < 1.29 is 20.1 Å². The first-order chi connectivity index (χ1) is 6.49. The quantitative estimate of drug-likeness (QED) is 0.438. The van der Waals surface area contributed by atoms with Gasteiger partial charge in [0.2, 0.25) is 0 Å². The van der Waals surface area contributed by atoms with E-state index in [1.54, 1.807) is 0 Å². The molecule has 1 fully saturated rings. The van der Waals surface area contributed by atoms with Crippen LogP contribution in [0.5, 0.6) is 0 Å². The van der Waals surface area contributed by atoms with Gasteiger partial charge >= 0.3 is 0 Å². The third-order valence-corrected chi connectivity index (χ3v) is 2.68. The minimum atomic E-state index is -1.03. The number of aliphatic hydroxyl groups is 3. The lowest BCUT2D eigenvalue weighted by molar-refractivity contribution is -0.198. The maximum absolute atomic E-state index is 9.65. The SMILES string of the molecule is CC(C)[C@@H]1OC(CO)[C@H](N)C(O)[C@H]1O. The summed E-state index contributed by atoms with van der Waals surface area (Å²) in [5, 5.41) is 28.2. The van der Waals surface area contributed by atoms with Crippen LogP contribution in [0.1, 0.15) is 13.8 Å². The molecule has 0 bridgehead atoms. The Kier molecular flexibility index (Phi) is 3.86. The molecule has 2 unspecified atom stereocenters. The average molecular weight is 205 g/mol. The van der Waals surface area contributed by atoms with E-state index in [9.17, 15) is 10.2 Å². The fraction of sp³-hybridized carbons (Fsp3) is 1.00. The highest BCUT2D eigenvalue weighted by Gasteiger charge is 2.43. The highest BCUT2D eigenvalue weighted by atomic mass is 16.5. The third kappa shape index (κ3) is 2.07. The van der Waals surface area contributed by atoms with Crippen molar-refractivity contribution >= 4 is 0 Å². The highest BCUT2D eigenvalue weighted by Crippen LogP contribution is 2.24. The van der Waals surface area contributed by atoms with Crippen LogP contribution in [0.15, 0.2) is 0 Å². The first-order valence-electron chi connectivity index (χ1n) is 4.87. The Balaban J connectivity index is 2.73. The third-order valence-electron chi connectivity index (χ3n) is 2.68. The molecule has 1 saturated heterocycles.